The van der Waals surface area contributed by atoms with Gasteiger partial charge in [0.05, 0.1) is 0 Å². The Morgan fingerprint density at radius 2 is 1.71 bits per heavy atom. The molecule has 0 bridgehead atoms. The molecule has 5 aromatic rings. The van der Waals surface area contributed by atoms with Crippen LogP contribution in [0.1, 0.15) is 31.2 Å². The summed E-state index contributed by atoms with van der Waals surface area (Å²) in [7, 11) is 0. The van der Waals surface area contributed by atoms with Crippen molar-refractivity contribution in [2.45, 2.75) is 38.1 Å². The molecular formula is C31H33N9O2. The number of tetrazole rings is 1. The maximum absolute atomic E-state index is 13.5. The Kier molecular flexibility index (Phi) is 8.00. The number of aromatic nitrogens is 6. The van der Waals surface area contributed by atoms with Crippen molar-refractivity contribution in [2.75, 3.05) is 11.9 Å². The van der Waals surface area contributed by atoms with E-state index < -0.39 is 6.04 Å². The normalized spacial score (nSPS) is 17.5. The number of anilines is 1. The number of amides is 2. The van der Waals surface area contributed by atoms with Crippen LogP contribution in [0.25, 0.3) is 33.5 Å². The van der Waals surface area contributed by atoms with Crippen molar-refractivity contribution in [3.05, 3.63) is 78.6 Å². The topological polar surface area (TPSA) is 167 Å². The zero-order chi connectivity index (χ0) is 28.9. The summed E-state index contributed by atoms with van der Waals surface area (Å²) >= 11 is 0. The maximum Gasteiger partial charge on any atom is 0.247 e. The summed E-state index contributed by atoms with van der Waals surface area (Å²) in [4.78, 5) is 34.4. The fourth-order valence-corrected chi connectivity index (χ4v) is 5.54. The van der Waals surface area contributed by atoms with Gasteiger partial charge < -0.3 is 21.4 Å². The highest BCUT2D eigenvalue weighted by molar-refractivity contribution is 5.97. The van der Waals surface area contributed by atoms with Crippen LogP contribution in [-0.2, 0) is 16.0 Å². The number of pyridine rings is 1. The number of aromatic amines is 2. The number of benzene rings is 2. The number of hydrogen-bond acceptors (Lipinski definition) is 7. The van der Waals surface area contributed by atoms with Gasteiger partial charge in [-0.25, -0.2) is 4.98 Å². The van der Waals surface area contributed by atoms with Crippen molar-refractivity contribution >= 4 is 28.5 Å². The van der Waals surface area contributed by atoms with Crippen LogP contribution in [0.2, 0.25) is 0 Å². The van der Waals surface area contributed by atoms with Gasteiger partial charge in [-0.05, 0) is 90.9 Å². The summed E-state index contributed by atoms with van der Waals surface area (Å²) in [5, 5.41) is 21.0. The fourth-order valence-electron chi connectivity index (χ4n) is 5.54. The number of H-pyrrole nitrogens is 2. The fraction of sp³-hybridized carbons (Fsp3) is 0.290. The molecule has 0 saturated heterocycles. The number of carbonyl (C=O) groups excluding carboxylic acids is 2. The molecule has 0 unspecified atom stereocenters. The van der Waals surface area contributed by atoms with Gasteiger partial charge >= 0.3 is 0 Å². The molecule has 6 rings (SSSR count). The first-order valence-electron chi connectivity index (χ1n) is 14.2. The number of nitrogens with two attached hydrogens (primary N) is 1. The van der Waals surface area contributed by atoms with Gasteiger partial charge in [-0.3, -0.25) is 9.59 Å². The van der Waals surface area contributed by atoms with E-state index in [1.165, 1.54) is 0 Å². The van der Waals surface area contributed by atoms with Crippen molar-refractivity contribution in [1.82, 2.24) is 35.9 Å². The lowest BCUT2D eigenvalue weighted by atomic mass is 9.81. The van der Waals surface area contributed by atoms with E-state index in [-0.39, 0.29) is 17.7 Å². The Morgan fingerprint density at radius 1 is 0.952 bits per heavy atom. The summed E-state index contributed by atoms with van der Waals surface area (Å²) < 4.78 is 0. The lowest BCUT2D eigenvalue weighted by Crippen LogP contribution is -2.48. The van der Waals surface area contributed by atoms with E-state index in [2.05, 4.69) is 47.3 Å². The van der Waals surface area contributed by atoms with Crippen molar-refractivity contribution < 1.29 is 9.59 Å². The monoisotopic (exact) mass is 563 g/mol. The molecule has 0 aliphatic heterocycles. The maximum atomic E-state index is 13.5. The molecule has 3 heterocycles. The van der Waals surface area contributed by atoms with Crippen molar-refractivity contribution in [2.24, 2.45) is 17.6 Å². The molecule has 11 nitrogen and oxygen atoms in total. The molecule has 0 radical (unpaired) electrons. The number of carbonyl (C=O) groups is 2. The average Bonchev–Trinajstić information content (AvgIpc) is 3.74. The van der Waals surface area contributed by atoms with Crippen LogP contribution in [0.4, 0.5) is 5.69 Å². The molecule has 1 fully saturated rings. The predicted molar refractivity (Wildman–Crippen MR) is 160 cm³/mol. The minimum Gasteiger partial charge on any atom is -0.346 e. The minimum absolute atomic E-state index is 0.0828. The lowest BCUT2D eigenvalue weighted by molar-refractivity contribution is -0.130. The molecular weight excluding hydrogens is 530 g/mol. The smallest absolute Gasteiger partial charge is 0.247 e. The van der Waals surface area contributed by atoms with Crippen LogP contribution in [0.5, 0.6) is 0 Å². The molecule has 0 spiro atoms. The molecule has 2 aromatic carbocycles. The van der Waals surface area contributed by atoms with E-state index in [1.54, 1.807) is 12.1 Å². The molecule has 1 atom stereocenters. The molecule has 6 N–H and O–H groups in total. The van der Waals surface area contributed by atoms with E-state index >= 15 is 0 Å². The van der Waals surface area contributed by atoms with Gasteiger partial charge in [-0.1, -0.05) is 24.3 Å². The Morgan fingerprint density at radius 3 is 2.43 bits per heavy atom. The molecule has 42 heavy (non-hydrogen) atoms. The van der Waals surface area contributed by atoms with Gasteiger partial charge in [0.1, 0.15) is 11.7 Å². The largest absolute Gasteiger partial charge is 0.346 e. The molecule has 1 saturated carbocycles. The first-order chi connectivity index (χ1) is 20.6. The van der Waals surface area contributed by atoms with E-state index in [9.17, 15) is 9.59 Å². The lowest BCUT2D eigenvalue weighted by Gasteiger charge is -2.28. The minimum atomic E-state index is -0.745. The number of nitrogens with one attached hydrogen (secondary N) is 4. The summed E-state index contributed by atoms with van der Waals surface area (Å²) in [6.45, 7) is 0.649. The van der Waals surface area contributed by atoms with Gasteiger partial charge in [0.25, 0.3) is 0 Å². The first-order valence-corrected chi connectivity index (χ1v) is 14.2. The SMILES string of the molecule is NCC1CCC(C(=O)N[C@@H](Cc2ccc(-c3cnc4[nH]ccc4c3)cc2)C(=O)Nc2ccc(-c3nn[nH]n3)cc2)CC1. The number of rotatable bonds is 9. The Hall–Kier alpha value is -4.90. The van der Waals surface area contributed by atoms with Crippen molar-refractivity contribution in [3.8, 4) is 22.5 Å². The average molecular weight is 564 g/mol. The van der Waals surface area contributed by atoms with Gasteiger partial charge in [0, 0.05) is 46.9 Å². The van der Waals surface area contributed by atoms with Crippen LogP contribution in [0.3, 0.4) is 0 Å². The van der Waals surface area contributed by atoms with E-state index in [0.717, 1.165) is 59.0 Å². The van der Waals surface area contributed by atoms with E-state index in [1.807, 2.05) is 54.9 Å². The summed E-state index contributed by atoms with van der Waals surface area (Å²) in [5.74, 6) is 0.457. The summed E-state index contributed by atoms with van der Waals surface area (Å²) in [6.07, 6.45) is 7.50. The van der Waals surface area contributed by atoms with Gasteiger partial charge in [-0.15, -0.1) is 10.2 Å². The third-order valence-corrected chi connectivity index (χ3v) is 8.07. The van der Waals surface area contributed by atoms with Gasteiger partial charge in [0.15, 0.2) is 0 Å². The number of hydrogen-bond donors (Lipinski definition) is 5. The third kappa shape index (κ3) is 6.21. The molecule has 3 aromatic heterocycles. The second-order valence-corrected chi connectivity index (χ2v) is 10.9. The zero-order valence-corrected chi connectivity index (χ0v) is 23.1. The second-order valence-electron chi connectivity index (χ2n) is 10.9. The highest BCUT2D eigenvalue weighted by Crippen LogP contribution is 2.29. The van der Waals surface area contributed by atoms with Gasteiger partial charge in [0.2, 0.25) is 17.6 Å². The second kappa shape index (κ2) is 12.3. The molecule has 1 aliphatic rings. The zero-order valence-electron chi connectivity index (χ0n) is 23.1. The molecule has 11 heteroatoms. The first kappa shape index (κ1) is 27.3. The molecule has 1 aliphatic carbocycles. The third-order valence-electron chi connectivity index (χ3n) is 8.07. The Bertz CT molecular complexity index is 1640. The van der Waals surface area contributed by atoms with Crippen LogP contribution in [0.15, 0.2) is 73.1 Å². The number of fused-ring (bicyclic) bond motifs is 1. The molecule has 2 amide bonds. The van der Waals surface area contributed by atoms with Crippen LogP contribution >= 0.6 is 0 Å². The van der Waals surface area contributed by atoms with Crippen LogP contribution < -0.4 is 16.4 Å². The molecule has 214 valence electrons. The number of nitrogens with zero attached hydrogens (tertiary/aromatic N) is 4. The van der Waals surface area contributed by atoms with E-state index in [0.29, 0.717) is 30.4 Å². The summed E-state index contributed by atoms with van der Waals surface area (Å²) in [6, 6.07) is 18.5. The summed E-state index contributed by atoms with van der Waals surface area (Å²) in [5.41, 5.74) is 11.0. The van der Waals surface area contributed by atoms with Crippen molar-refractivity contribution in [1.29, 1.82) is 0 Å². The van der Waals surface area contributed by atoms with Gasteiger partial charge in [-0.2, -0.15) is 5.21 Å². The quantitative estimate of drug-likeness (QED) is 0.182. The standard InChI is InChI=1S/C31H33N9O2/c32-17-20-3-7-23(8-4-20)30(41)36-27(31(42)35-26-11-9-22(10-12-26)29-37-39-40-38-29)15-19-1-5-21(6-2-19)25-16-24-13-14-33-28(24)34-18-25/h1-2,5-6,9-14,16,18,20,23,27H,3-4,7-8,15,17,32H2,(H,33,34)(H,35,42)(H,36,41)(H,37,38,39,40)/t20?,23?,27-/m0/s1. The Balaban J connectivity index is 1.17. The van der Waals surface area contributed by atoms with Crippen LogP contribution in [0, 0.1) is 11.8 Å². The predicted octanol–water partition coefficient (Wildman–Crippen LogP) is 3.84. The van der Waals surface area contributed by atoms with Crippen LogP contribution in [-0.4, -0.2) is 55.0 Å². The van der Waals surface area contributed by atoms with Crippen molar-refractivity contribution in [3.63, 3.8) is 0 Å². The highest BCUT2D eigenvalue weighted by Gasteiger charge is 2.29. The highest BCUT2D eigenvalue weighted by atomic mass is 16.2. The van der Waals surface area contributed by atoms with E-state index in [4.69, 9.17) is 5.73 Å². The Labute approximate surface area is 242 Å².